The van der Waals surface area contributed by atoms with Crippen molar-refractivity contribution in [3.8, 4) is 5.75 Å². The van der Waals surface area contributed by atoms with Crippen LogP contribution in [0.1, 0.15) is 23.7 Å². The van der Waals surface area contributed by atoms with Crippen molar-refractivity contribution in [3.63, 3.8) is 0 Å². The molecule has 0 aliphatic carbocycles. The van der Waals surface area contributed by atoms with E-state index in [1.165, 1.54) is 24.5 Å². The molecule has 0 atom stereocenters. The molecule has 2 heterocycles. The lowest BCUT2D eigenvalue weighted by Crippen LogP contribution is -2.31. The van der Waals surface area contributed by atoms with Crippen LogP contribution in [-0.2, 0) is 0 Å². The molecule has 6 nitrogen and oxygen atoms in total. The molecule has 0 spiro atoms. The Morgan fingerprint density at radius 3 is 3.06 bits per heavy atom. The van der Waals surface area contributed by atoms with Crippen LogP contribution in [0.4, 0.5) is 0 Å². The number of pyridine rings is 1. The van der Waals surface area contributed by atoms with E-state index in [-0.39, 0.29) is 17.0 Å². The molecule has 94 valence electrons. The molecule has 0 radical (unpaired) electrons. The first kappa shape index (κ1) is 12.1. The average molecular weight is 247 g/mol. The van der Waals surface area contributed by atoms with Gasteiger partial charge in [0.1, 0.15) is 5.56 Å². The zero-order valence-corrected chi connectivity index (χ0v) is 9.88. The molecular weight excluding hydrogens is 234 g/mol. The van der Waals surface area contributed by atoms with Crippen LogP contribution < -0.4 is 10.9 Å². The zero-order valence-electron chi connectivity index (χ0n) is 9.88. The largest absolute Gasteiger partial charge is 0.504 e. The number of nitrogens with zero attached hydrogens (tertiary/aromatic N) is 2. The summed E-state index contributed by atoms with van der Waals surface area (Å²) >= 11 is 0. The predicted molar refractivity (Wildman–Crippen MR) is 65.8 cm³/mol. The number of carbonyl (C=O) groups is 1. The van der Waals surface area contributed by atoms with Gasteiger partial charge in [-0.15, -0.1) is 0 Å². The summed E-state index contributed by atoms with van der Waals surface area (Å²) in [7, 11) is 0. The van der Waals surface area contributed by atoms with Crippen LogP contribution in [0.5, 0.6) is 5.75 Å². The van der Waals surface area contributed by atoms with Gasteiger partial charge in [0.25, 0.3) is 11.5 Å². The molecule has 6 heteroatoms. The van der Waals surface area contributed by atoms with Gasteiger partial charge in [0.05, 0.1) is 0 Å². The standard InChI is InChI=1S/C12H13N3O3/c1-2-5-13-11(17)8-7-14-10-9(16)4-3-6-15(10)12(8)18/h3-4,6-7,16H,2,5H2,1H3,(H,13,17). The van der Waals surface area contributed by atoms with Gasteiger partial charge in [0.15, 0.2) is 11.4 Å². The Labute approximate surface area is 103 Å². The third kappa shape index (κ3) is 2.04. The van der Waals surface area contributed by atoms with Gasteiger partial charge >= 0.3 is 0 Å². The number of hydrogen-bond donors (Lipinski definition) is 2. The fourth-order valence-electron chi connectivity index (χ4n) is 1.58. The number of amides is 1. The monoisotopic (exact) mass is 247 g/mol. The third-order valence-electron chi connectivity index (χ3n) is 2.49. The maximum atomic E-state index is 12.0. The minimum Gasteiger partial charge on any atom is -0.504 e. The molecule has 2 rings (SSSR count). The van der Waals surface area contributed by atoms with E-state index in [1.54, 1.807) is 0 Å². The Hall–Kier alpha value is -2.37. The highest BCUT2D eigenvalue weighted by molar-refractivity contribution is 5.93. The second-order valence-corrected chi connectivity index (χ2v) is 3.82. The van der Waals surface area contributed by atoms with Crippen molar-refractivity contribution in [2.75, 3.05) is 6.54 Å². The van der Waals surface area contributed by atoms with Crippen LogP contribution in [-0.4, -0.2) is 26.9 Å². The van der Waals surface area contributed by atoms with E-state index in [1.807, 2.05) is 6.92 Å². The Morgan fingerprint density at radius 2 is 2.33 bits per heavy atom. The van der Waals surface area contributed by atoms with Gasteiger partial charge in [-0.1, -0.05) is 6.92 Å². The Balaban J connectivity index is 2.52. The summed E-state index contributed by atoms with van der Waals surface area (Å²) in [6, 6.07) is 2.94. The van der Waals surface area contributed by atoms with Crippen LogP contribution in [0.15, 0.2) is 29.3 Å². The number of aromatic nitrogens is 2. The fourth-order valence-corrected chi connectivity index (χ4v) is 1.58. The molecule has 0 unspecified atom stereocenters. The van der Waals surface area contributed by atoms with E-state index in [2.05, 4.69) is 10.3 Å². The minimum absolute atomic E-state index is 0.0356. The van der Waals surface area contributed by atoms with Gasteiger partial charge in [0.2, 0.25) is 0 Å². The number of hydrogen-bond acceptors (Lipinski definition) is 4. The summed E-state index contributed by atoms with van der Waals surface area (Å²) in [6.45, 7) is 2.42. The van der Waals surface area contributed by atoms with Crippen molar-refractivity contribution in [2.24, 2.45) is 0 Å². The highest BCUT2D eigenvalue weighted by atomic mass is 16.3. The van der Waals surface area contributed by atoms with E-state index in [4.69, 9.17) is 0 Å². The predicted octanol–water partition coefficient (Wildman–Crippen LogP) is 0.540. The molecule has 0 saturated carbocycles. The molecule has 0 aliphatic rings. The summed E-state index contributed by atoms with van der Waals surface area (Å²) in [4.78, 5) is 27.7. The van der Waals surface area contributed by atoms with Crippen LogP contribution in [0, 0.1) is 0 Å². The summed E-state index contributed by atoms with van der Waals surface area (Å²) in [5, 5.41) is 12.2. The summed E-state index contributed by atoms with van der Waals surface area (Å²) < 4.78 is 1.15. The summed E-state index contributed by atoms with van der Waals surface area (Å²) in [5.41, 5.74) is -0.398. The van der Waals surface area contributed by atoms with E-state index >= 15 is 0 Å². The lowest BCUT2D eigenvalue weighted by molar-refractivity contribution is 0.0951. The van der Waals surface area contributed by atoms with Crippen molar-refractivity contribution in [2.45, 2.75) is 13.3 Å². The molecule has 18 heavy (non-hydrogen) atoms. The smallest absolute Gasteiger partial charge is 0.270 e. The van der Waals surface area contributed by atoms with Crippen molar-refractivity contribution in [1.29, 1.82) is 0 Å². The van der Waals surface area contributed by atoms with E-state index in [0.29, 0.717) is 6.54 Å². The minimum atomic E-state index is -0.496. The maximum Gasteiger partial charge on any atom is 0.270 e. The summed E-state index contributed by atoms with van der Waals surface area (Å²) in [5.74, 6) is -0.554. The molecule has 2 aromatic heterocycles. The van der Waals surface area contributed by atoms with Crippen molar-refractivity contribution in [1.82, 2.24) is 14.7 Å². The molecule has 1 amide bonds. The van der Waals surface area contributed by atoms with Crippen molar-refractivity contribution < 1.29 is 9.90 Å². The highest BCUT2D eigenvalue weighted by Crippen LogP contribution is 2.12. The third-order valence-corrected chi connectivity index (χ3v) is 2.49. The van der Waals surface area contributed by atoms with Crippen molar-refractivity contribution in [3.05, 3.63) is 40.4 Å². The van der Waals surface area contributed by atoms with Gasteiger partial charge in [-0.3, -0.25) is 14.0 Å². The SMILES string of the molecule is CCCNC(=O)c1cnc2c(O)cccn2c1=O. The topological polar surface area (TPSA) is 83.7 Å². The first-order chi connectivity index (χ1) is 8.65. The molecule has 0 aliphatic heterocycles. The van der Waals surface area contributed by atoms with Crippen LogP contribution in [0.25, 0.3) is 5.65 Å². The van der Waals surface area contributed by atoms with E-state index < -0.39 is 11.5 Å². The number of nitrogens with one attached hydrogen (secondary N) is 1. The summed E-state index contributed by atoms with van der Waals surface area (Å²) in [6.07, 6.45) is 3.43. The van der Waals surface area contributed by atoms with Crippen molar-refractivity contribution >= 4 is 11.6 Å². The molecule has 0 aromatic carbocycles. The zero-order chi connectivity index (χ0) is 13.1. The van der Waals surface area contributed by atoms with Gasteiger partial charge < -0.3 is 10.4 Å². The molecule has 0 fully saturated rings. The number of aromatic hydroxyl groups is 1. The van der Waals surface area contributed by atoms with Crippen LogP contribution in [0.3, 0.4) is 0 Å². The Bertz CT molecular complexity index is 649. The normalized spacial score (nSPS) is 10.5. The Kier molecular flexibility index (Phi) is 3.27. The highest BCUT2D eigenvalue weighted by Gasteiger charge is 2.13. The molecule has 2 N–H and O–H groups in total. The van der Waals surface area contributed by atoms with Gasteiger partial charge in [0, 0.05) is 18.9 Å². The second-order valence-electron chi connectivity index (χ2n) is 3.82. The van der Waals surface area contributed by atoms with Gasteiger partial charge in [-0.2, -0.15) is 0 Å². The quantitative estimate of drug-likeness (QED) is 0.829. The van der Waals surface area contributed by atoms with Crippen LogP contribution >= 0.6 is 0 Å². The number of rotatable bonds is 3. The molecule has 0 saturated heterocycles. The Morgan fingerprint density at radius 1 is 1.56 bits per heavy atom. The number of fused-ring (bicyclic) bond motifs is 1. The average Bonchev–Trinajstić information content (AvgIpc) is 2.37. The lowest BCUT2D eigenvalue weighted by atomic mass is 10.3. The number of carbonyl (C=O) groups excluding carboxylic acids is 1. The fraction of sp³-hybridized carbons (Fsp3) is 0.250. The first-order valence-corrected chi connectivity index (χ1v) is 5.62. The maximum absolute atomic E-state index is 12.0. The van der Waals surface area contributed by atoms with Gasteiger partial charge in [-0.25, -0.2) is 4.98 Å². The molecule has 2 aromatic rings. The molecular formula is C12H13N3O3. The van der Waals surface area contributed by atoms with Gasteiger partial charge in [-0.05, 0) is 18.6 Å². The second kappa shape index (κ2) is 4.87. The lowest BCUT2D eigenvalue weighted by Gasteiger charge is -2.05. The van der Waals surface area contributed by atoms with Crippen LogP contribution in [0.2, 0.25) is 0 Å². The van der Waals surface area contributed by atoms with E-state index in [9.17, 15) is 14.7 Å². The molecule has 0 bridgehead atoms. The first-order valence-electron chi connectivity index (χ1n) is 5.62. The van der Waals surface area contributed by atoms with E-state index in [0.717, 1.165) is 10.8 Å².